The fourth-order valence-electron chi connectivity index (χ4n) is 4.47. The predicted molar refractivity (Wildman–Crippen MR) is 88.1 cm³/mol. The van der Waals surface area contributed by atoms with Crippen molar-refractivity contribution in [3.8, 4) is 0 Å². The van der Waals surface area contributed by atoms with Gasteiger partial charge in [-0.25, -0.2) is 0 Å². The Bertz CT molecular complexity index is 433. The van der Waals surface area contributed by atoms with E-state index in [1.807, 2.05) is 0 Å². The first-order valence-corrected chi connectivity index (χ1v) is 8.80. The van der Waals surface area contributed by atoms with Crippen molar-refractivity contribution in [3.05, 3.63) is 0 Å². The van der Waals surface area contributed by atoms with Crippen LogP contribution >= 0.6 is 12.2 Å². The minimum absolute atomic E-state index is 0.216. The highest BCUT2D eigenvalue weighted by Crippen LogP contribution is 2.40. The summed E-state index contributed by atoms with van der Waals surface area (Å²) in [5.41, 5.74) is 5.48. The lowest BCUT2D eigenvalue weighted by atomic mass is 9.72. The normalized spacial score (nSPS) is 32.7. The zero-order chi connectivity index (χ0) is 15.0. The van der Waals surface area contributed by atoms with E-state index in [4.69, 9.17) is 18.0 Å². The van der Waals surface area contributed by atoms with Crippen molar-refractivity contribution < 1.29 is 4.79 Å². The van der Waals surface area contributed by atoms with Crippen LogP contribution in [0.1, 0.15) is 51.9 Å². The van der Waals surface area contributed by atoms with Gasteiger partial charge in [0.05, 0.1) is 10.4 Å². The third kappa shape index (κ3) is 2.59. The quantitative estimate of drug-likeness (QED) is 0.792. The van der Waals surface area contributed by atoms with Gasteiger partial charge in [-0.05, 0) is 39.2 Å². The van der Waals surface area contributed by atoms with Crippen LogP contribution in [-0.2, 0) is 4.79 Å². The van der Waals surface area contributed by atoms with E-state index >= 15 is 0 Å². The van der Waals surface area contributed by atoms with Gasteiger partial charge < -0.3 is 10.6 Å². The Hall–Kier alpha value is -0.680. The molecular weight excluding hydrogens is 282 g/mol. The number of hydrogen-bond acceptors (Lipinski definition) is 3. The lowest BCUT2D eigenvalue weighted by Crippen LogP contribution is -2.61. The van der Waals surface area contributed by atoms with E-state index in [9.17, 15) is 4.79 Å². The van der Waals surface area contributed by atoms with E-state index in [0.717, 1.165) is 38.8 Å². The van der Waals surface area contributed by atoms with Gasteiger partial charge in [0.15, 0.2) is 0 Å². The Labute approximate surface area is 133 Å². The zero-order valence-corrected chi connectivity index (χ0v) is 13.8. The first-order valence-electron chi connectivity index (χ1n) is 8.39. The van der Waals surface area contributed by atoms with E-state index in [0.29, 0.717) is 11.0 Å². The van der Waals surface area contributed by atoms with Crippen LogP contribution in [-0.4, -0.2) is 52.4 Å². The highest BCUT2D eigenvalue weighted by atomic mass is 32.1. The standard InChI is InChI=1S/C16H27N3OS/c1-12-10-18-9-5-6-13(18)11-19(12)15(20)16(14(17)21)7-3-2-4-8-16/h12-13H,2-11H2,1H3,(H2,17,21). The molecule has 3 aliphatic rings. The molecule has 1 saturated carbocycles. The van der Waals surface area contributed by atoms with Crippen molar-refractivity contribution in [2.24, 2.45) is 11.1 Å². The molecule has 2 unspecified atom stereocenters. The second-order valence-electron chi connectivity index (χ2n) is 7.10. The lowest BCUT2D eigenvalue weighted by molar-refractivity contribution is -0.145. The number of nitrogens with two attached hydrogens (primary N) is 1. The molecule has 0 aromatic carbocycles. The number of carbonyl (C=O) groups is 1. The van der Waals surface area contributed by atoms with Crippen LogP contribution in [0.5, 0.6) is 0 Å². The SMILES string of the molecule is CC1CN2CCCC2CN1C(=O)C1(C(N)=S)CCCCC1. The number of hydrogen-bond donors (Lipinski definition) is 1. The molecule has 0 bridgehead atoms. The molecule has 118 valence electrons. The van der Waals surface area contributed by atoms with Crippen LogP contribution in [0.4, 0.5) is 0 Å². The number of carbonyl (C=O) groups excluding carboxylic acids is 1. The number of fused-ring (bicyclic) bond motifs is 1. The molecule has 0 spiro atoms. The summed E-state index contributed by atoms with van der Waals surface area (Å²) < 4.78 is 0. The molecule has 2 atom stereocenters. The third-order valence-corrected chi connectivity index (χ3v) is 6.18. The van der Waals surface area contributed by atoms with Crippen molar-refractivity contribution >= 4 is 23.1 Å². The fourth-order valence-corrected chi connectivity index (χ4v) is 4.76. The van der Waals surface area contributed by atoms with Crippen molar-refractivity contribution in [3.63, 3.8) is 0 Å². The van der Waals surface area contributed by atoms with E-state index in [1.165, 1.54) is 25.8 Å². The number of nitrogens with zero attached hydrogens (tertiary/aromatic N) is 2. The molecule has 1 aliphatic carbocycles. The fraction of sp³-hybridized carbons (Fsp3) is 0.875. The van der Waals surface area contributed by atoms with E-state index < -0.39 is 5.41 Å². The summed E-state index contributed by atoms with van der Waals surface area (Å²) in [5.74, 6) is 0.216. The second kappa shape index (κ2) is 5.84. The highest BCUT2D eigenvalue weighted by molar-refractivity contribution is 7.80. The molecule has 2 N–H and O–H groups in total. The minimum Gasteiger partial charge on any atom is -0.392 e. The molecule has 2 heterocycles. The summed E-state index contributed by atoms with van der Waals surface area (Å²) in [7, 11) is 0. The summed E-state index contributed by atoms with van der Waals surface area (Å²) in [6.07, 6.45) is 7.51. The van der Waals surface area contributed by atoms with Crippen LogP contribution in [0, 0.1) is 5.41 Å². The Morgan fingerprint density at radius 3 is 2.57 bits per heavy atom. The highest BCUT2D eigenvalue weighted by Gasteiger charge is 2.48. The van der Waals surface area contributed by atoms with Gasteiger partial charge in [-0.3, -0.25) is 9.69 Å². The molecule has 1 amide bonds. The van der Waals surface area contributed by atoms with Gasteiger partial charge in [0, 0.05) is 25.2 Å². The van der Waals surface area contributed by atoms with Crippen LogP contribution < -0.4 is 5.73 Å². The average Bonchev–Trinajstić information content (AvgIpc) is 2.93. The maximum Gasteiger partial charge on any atom is 0.235 e. The van der Waals surface area contributed by atoms with Crippen LogP contribution in [0.25, 0.3) is 0 Å². The van der Waals surface area contributed by atoms with Gasteiger partial charge in [0.1, 0.15) is 0 Å². The van der Waals surface area contributed by atoms with Gasteiger partial charge in [0.25, 0.3) is 0 Å². The minimum atomic E-state index is -0.553. The molecule has 0 radical (unpaired) electrons. The van der Waals surface area contributed by atoms with Crippen LogP contribution in [0.2, 0.25) is 0 Å². The third-order valence-electron chi connectivity index (χ3n) is 5.79. The Balaban J connectivity index is 1.80. The molecule has 2 saturated heterocycles. The Kier molecular flexibility index (Phi) is 4.23. The first-order chi connectivity index (χ1) is 10.0. The number of piperazine rings is 1. The summed E-state index contributed by atoms with van der Waals surface area (Å²) in [5, 5.41) is 0. The topological polar surface area (TPSA) is 49.6 Å². The smallest absolute Gasteiger partial charge is 0.235 e. The van der Waals surface area contributed by atoms with E-state index in [1.54, 1.807) is 0 Å². The van der Waals surface area contributed by atoms with Gasteiger partial charge >= 0.3 is 0 Å². The first kappa shape index (κ1) is 15.2. The van der Waals surface area contributed by atoms with E-state index in [-0.39, 0.29) is 11.9 Å². The van der Waals surface area contributed by atoms with Crippen LogP contribution in [0.3, 0.4) is 0 Å². The van der Waals surface area contributed by atoms with Crippen molar-refractivity contribution in [2.45, 2.75) is 64.0 Å². The molecule has 0 aromatic rings. The van der Waals surface area contributed by atoms with Crippen molar-refractivity contribution in [2.75, 3.05) is 19.6 Å². The number of amides is 1. The maximum atomic E-state index is 13.3. The summed E-state index contributed by atoms with van der Waals surface area (Å²) in [6.45, 7) is 5.23. The molecule has 2 aliphatic heterocycles. The number of thiocarbonyl (C=S) groups is 1. The largest absolute Gasteiger partial charge is 0.392 e. The second-order valence-corrected chi connectivity index (χ2v) is 7.54. The molecule has 21 heavy (non-hydrogen) atoms. The lowest BCUT2D eigenvalue weighted by Gasteiger charge is -2.47. The molecular formula is C16H27N3OS. The molecule has 0 aromatic heterocycles. The van der Waals surface area contributed by atoms with Gasteiger partial charge in [-0.15, -0.1) is 0 Å². The maximum absolute atomic E-state index is 13.3. The van der Waals surface area contributed by atoms with Crippen LogP contribution in [0.15, 0.2) is 0 Å². The predicted octanol–water partition coefficient (Wildman–Crippen LogP) is 1.92. The number of rotatable bonds is 2. The van der Waals surface area contributed by atoms with E-state index in [2.05, 4.69) is 16.7 Å². The van der Waals surface area contributed by atoms with Gasteiger partial charge in [-0.1, -0.05) is 31.5 Å². The molecule has 5 heteroatoms. The molecule has 4 nitrogen and oxygen atoms in total. The average molecular weight is 309 g/mol. The van der Waals surface area contributed by atoms with Gasteiger partial charge in [-0.2, -0.15) is 0 Å². The Morgan fingerprint density at radius 2 is 1.90 bits per heavy atom. The summed E-state index contributed by atoms with van der Waals surface area (Å²) in [6, 6.07) is 0.831. The molecule has 3 fully saturated rings. The monoisotopic (exact) mass is 309 g/mol. The zero-order valence-electron chi connectivity index (χ0n) is 13.0. The summed E-state index contributed by atoms with van der Waals surface area (Å²) in [4.78, 5) is 18.3. The Morgan fingerprint density at radius 1 is 1.19 bits per heavy atom. The molecule has 3 rings (SSSR count). The van der Waals surface area contributed by atoms with Crippen molar-refractivity contribution in [1.29, 1.82) is 0 Å². The van der Waals surface area contributed by atoms with Gasteiger partial charge in [0.2, 0.25) is 5.91 Å². The summed E-state index contributed by atoms with van der Waals surface area (Å²) >= 11 is 5.33. The van der Waals surface area contributed by atoms with Crippen molar-refractivity contribution in [1.82, 2.24) is 9.80 Å².